The van der Waals surface area contributed by atoms with Gasteiger partial charge in [0.05, 0.1) is 0 Å². The first-order valence-electron chi connectivity index (χ1n) is 6.39. The Morgan fingerprint density at radius 2 is 2.22 bits per heavy atom. The maximum Gasteiger partial charge on any atom is 0.412 e. The Balaban J connectivity index is 1.78. The van der Waals surface area contributed by atoms with Crippen LogP contribution in [0.15, 0.2) is 30.3 Å². The van der Waals surface area contributed by atoms with Crippen molar-refractivity contribution in [2.75, 3.05) is 19.6 Å². The summed E-state index contributed by atoms with van der Waals surface area (Å²) < 4.78 is 5.18. The van der Waals surface area contributed by atoms with Crippen LogP contribution in [0.3, 0.4) is 0 Å². The highest BCUT2D eigenvalue weighted by atomic mass is 16.6. The van der Waals surface area contributed by atoms with Crippen LogP contribution in [-0.2, 0) is 0 Å². The Morgan fingerprint density at radius 3 is 2.89 bits per heavy atom. The second kappa shape index (κ2) is 5.87. The molecule has 1 aliphatic rings. The summed E-state index contributed by atoms with van der Waals surface area (Å²) in [6.07, 6.45) is 1.91. The fraction of sp³-hybridized carbons (Fsp3) is 0.500. The van der Waals surface area contributed by atoms with Gasteiger partial charge in [0.2, 0.25) is 0 Å². The maximum absolute atomic E-state index is 11.6. The second-order valence-electron chi connectivity index (χ2n) is 5.15. The average molecular weight is 248 g/mol. The zero-order valence-electron chi connectivity index (χ0n) is 10.7. The van der Waals surface area contributed by atoms with Gasteiger partial charge in [-0.05, 0) is 36.9 Å². The van der Waals surface area contributed by atoms with Gasteiger partial charge >= 0.3 is 6.09 Å². The molecule has 0 aromatic heterocycles. The van der Waals surface area contributed by atoms with Crippen molar-refractivity contribution in [3.8, 4) is 5.75 Å². The summed E-state index contributed by atoms with van der Waals surface area (Å²) in [4.78, 5) is 11.6. The van der Waals surface area contributed by atoms with Crippen LogP contribution in [0.25, 0.3) is 0 Å². The van der Waals surface area contributed by atoms with Crippen molar-refractivity contribution in [2.45, 2.75) is 19.8 Å². The van der Waals surface area contributed by atoms with Gasteiger partial charge in [0, 0.05) is 13.1 Å². The van der Waals surface area contributed by atoms with Crippen molar-refractivity contribution >= 4 is 6.09 Å². The van der Waals surface area contributed by atoms with Gasteiger partial charge in [-0.1, -0.05) is 25.1 Å². The number of benzene rings is 1. The van der Waals surface area contributed by atoms with Gasteiger partial charge in [-0.3, -0.25) is 0 Å². The molecule has 2 N–H and O–H groups in total. The van der Waals surface area contributed by atoms with Crippen molar-refractivity contribution in [3.05, 3.63) is 30.3 Å². The Morgan fingerprint density at radius 1 is 1.44 bits per heavy atom. The number of carbonyl (C=O) groups is 1. The molecule has 4 heteroatoms. The van der Waals surface area contributed by atoms with Gasteiger partial charge in [-0.25, -0.2) is 4.79 Å². The summed E-state index contributed by atoms with van der Waals surface area (Å²) in [6, 6.07) is 9.11. The molecule has 1 aromatic rings. The van der Waals surface area contributed by atoms with Gasteiger partial charge in [-0.2, -0.15) is 0 Å². The van der Waals surface area contributed by atoms with Crippen LogP contribution in [0.2, 0.25) is 0 Å². The molecule has 1 aliphatic heterocycles. The van der Waals surface area contributed by atoms with Crippen LogP contribution < -0.4 is 15.4 Å². The van der Waals surface area contributed by atoms with E-state index in [1.165, 1.54) is 0 Å². The molecule has 1 unspecified atom stereocenters. The van der Waals surface area contributed by atoms with Crippen molar-refractivity contribution in [1.29, 1.82) is 0 Å². The highest BCUT2D eigenvalue weighted by Crippen LogP contribution is 2.24. The Kier molecular flexibility index (Phi) is 4.20. The first-order chi connectivity index (χ1) is 8.68. The topological polar surface area (TPSA) is 50.4 Å². The van der Waals surface area contributed by atoms with Crippen molar-refractivity contribution < 1.29 is 9.53 Å². The summed E-state index contributed by atoms with van der Waals surface area (Å²) in [7, 11) is 0. The Bertz CT molecular complexity index is 386. The summed E-state index contributed by atoms with van der Waals surface area (Å²) in [5, 5.41) is 6.20. The fourth-order valence-electron chi connectivity index (χ4n) is 2.19. The molecule has 1 atom stereocenters. The normalized spacial score (nSPS) is 23.4. The van der Waals surface area contributed by atoms with Crippen LogP contribution in [0.4, 0.5) is 4.79 Å². The number of carbonyl (C=O) groups excluding carboxylic acids is 1. The zero-order chi connectivity index (χ0) is 12.8. The van der Waals surface area contributed by atoms with E-state index in [-0.39, 0.29) is 11.5 Å². The van der Waals surface area contributed by atoms with Gasteiger partial charge < -0.3 is 15.4 Å². The largest absolute Gasteiger partial charge is 0.412 e. The number of hydrogen-bond donors (Lipinski definition) is 2. The minimum Gasteiger partial charge on any atom is -0.410 e. The van der Waals surface area contributed by atoms with E-state index >= 15 is 0 Å². The van der Waals surface area contributed by atoms with E-state index in [1.807, 2.05) is 18.2 Å². The molecule has 1 heterocycles. The minimum absolute atomic E-state index is 0.133. The van der Waals surface area contributed by atoms with Crippen molar-refractivity contribution in [3.63, 3.8) is 0 Å². The third-order valence-corrected chi connectivity index (χ3v) is 3.30. The molecular formula is C14H20N2O2. The van der Waals surface area contributed by atoms with Crippen LogP contribution in [-0.4, -0.2) is 25.7 Å². The lowest BCUT2D eigenvalue weighted by Gasteiger charge is -2.33. The molecular weight excluding hydrogens is 228 g/mol. The standard InChI is InChI=1S/C14H20N2O2/c1-14(8-5-9-15-10-14)11-16-13(17)18-12-6-3-2-4-7-12/h2-4,6-7,15H,5,8-11H2,1H3,(H,16,17). The number of piperidine rings is 1. The predicted octanol–water partition coefficient (Wildman–Crippen LogP) is 2.16. The van der Waals surface area contributed by atoms with Gasteiger partial charge in [0.25, 0.3) is 0 Å². The molecule has 0 aliphatic carbocycles. The second-order valence-corrected chi connectivity index (χ2v) is 5.15. The van der Waals surface area contributed by atoms with E-state index in [2.05, 4.69) is 17.6 Å². The number of ether oxygens (including phenoxy) is 1. The number of hydrogen-bond acceptors (Lipinski definition) is 3. The summed E-state index contributed by atoms with van der Waals surface area (Å²) in [5.74, 6) is 0.571. The minimum atomic E-state index is -0.381. The van der Waals surface area contributed by atoms with Crippen LogP contribution in [0.5, 0.6) is 5.75 Å². The third-order valence-electron chi connectivity index (χ3n) is 3.30. The van der Waals surface area contributed by atoms with Gasteiger partial charge in [0.1, 0.15) is 5.75 Å². The van der Waals surface area contributed by atoms with Crippen molar-refractivity contribution in [1.82, 2.24) is 10.6 Å². The fourth-order valence-corrected chi connectivity index (χ4v) is 2.19. The molecule has 2 rings (SSSR count). The number of rotatable bonds is 3. The molecule has 1 fully saturated rings. The predicted molar refractivity (Wildman–Crippen MR) is 70.7 cm³/mol. The Labute approximate surface area is 108 Å². The van der Waals surface area contributed by atoms with E-state index in [9.17, 15) is 4.79 Å². The lowest BCUT2D eigenvalue weighted by molar-refractivity contribution is 0.182. The molecule has 4 nitrogen and oxygen atoms in total. The molecule has 0 bridgehead atoms. The van der Waals surface area contributed by atoms with Crippen LogP contribution in [0, 0.1) is 5.41 Å². The van der Waals surface area contributed by atoms with E-state index in [0.29, 0.717) is 12.3 Å². The van der Waals surface area contributed by atoms with Crippen molar-refractivity contribution in [2.24, 2.45) is 5.41 Å². The molecule has 1 amide bonds. The van der Waals surface area contributed by atoms with Crippen LogP contribution in [0.1, 0.15) is 19.8 Å². The highest BCUT2D eigenvalue weighted by Gasteiger charge is 2.27. The summed E-state index contributed by atoms with van der Waals surface area (Å²) >= 11 is 0. The monoisotopic (exact) mass is 248 g/mol. The maximum atomic E-state index is 11.6. The summed E-state index contributed by atoms with van der Waals surface area (Å²) in [6.45, 7) is 4.84. The average Bonchev–Trinajstić information content (AvgIpc) is 2.39. The molecule has 1 aromatic carbocycles. The molecule has 18 heavy (non-hydrogen) atoms. The number of nitrogens with one attached hydrogen (secondary N) is 2. The highest BCUT2D eigenvalue weighted by molar-refractivity contribution is 5.70. The summed E-state index contributed by atoms with van der Waals surface area (Å²) in [5.41, 5.74) is 0.133. The van der Waals surface area contributed by atoms with Gasteiger partial charge in [0.15, 0.2) is 0 Å². The number of para-hydroxylation sites is 1. The quantitative estimate of drug-likeness (QED) is 0.862. The third kappa shape index (κ3) is 3.74. The first-order valence-corrected chi connectivity index (χ1v) is 6.39. The smallest absolute Gasteiger partial charge is 0.410 e. The zero-order valence-corrected chi connectivity index (χ0v) is 10.7. The van der Waals surface area contributed by atoms with E-state index in [0.717, 1.165) is 25.9 Å². The Hall–Kier alpha value is -1.55. The SMILES string of the molecule is CC1(CNC(=O)Oc2ccccc2)CCCNC1. The molecule has 0 saturated carbocycles. The first kappa shape index (κ1) is 12.9. The molecule has 0 radical (unpaired) electrons. The number of amides is 1. The van der Waals surface area contributed by atoms with E-state index in [4.69, 9.17) is 4.74 Å². The van der Waals surface area contributed by atoms with E-state index < -0.39 is 0 Å². The van der Waals surface area contributed by atoms with Gasteiger partial charge in [-0.15, -0.1) is 0 Å². The van der Waals surface area contributed by atoms with Crippen LogP contribution >= 0.6 is 0 Å². The molecule has 1 saturated heterocycles. The van der Waals surface area contributed by atoms with E-state index in [1.54, 1.807) is 12.1 Å². The lowest BCUT2D eigenvalue weighted by Crippen LogP contribution is -2.46. The molecule has 0 spiro atoms. The lowest BCUT2D eigenvalue weighted by atomic mass is 9.83. The molecule has 98 valence electrons.